The summed E-state index contributed by atoms with van der Waals surface area (Å²) < 4.78 is 87.0. The normalized spacial score (nSPS) is 28.3. The number of ether oxygens (including phenoxy) is 3. The van der Waals surface area contributed by atoms with Crippen LogP contribution in [0.15, 0.2) is 36.4 Å². The number of amides is 4. The number of alkyl carbamates (subject to hydrolysis) is 1. The summed E-state index contributed by atoms with van der Waals surface area (Å²) in [5.74, 6) is -5.83. The molecule has 6 rings (SSSR count). The SMILES string of the molecule is CCN(C)c1cc2cc(OC)ccc2c(O[C@@H]2C[C@H]3C(=O)N[C@]4(C(=O)NS(=O)(=O)C5(CF)CC5)C[C@H]4/C=C\CC[C@H](C)C[C@@H](C)[C@H](NC(=O)OC(C)(C)C(C)(F)F)C(=O)N3C2)n1.[HH].[HH].[HH]. The van der Waals surface area contributed by atoms with Crippen molar-refractivity contribution >= 4 is 50.4 Å². The lowest BCUT2D eigenvalue weighted by atomic mass is 9.88. The van der Waals surface area contributed by atoms with Crippen molar-refractivity contribution in [2.45, 2.75) is 126 Å². The number of nitrogens with zero attached hydrogens (tertiary/aromatic N) is 3. The van der Waals surface area contributed by atoms with E-state index < -0.39 is 92.3 Å². The molecule has 19 heteroatoms. The van der Waals surface area contributed by atoms with Crippen molar-refractivity contribution in [1.82, 2.24) is 25.2 Å². The van der Waals surface area contributed by atoms with Gasteiger partial charge in [0.2, 0.25) is 27.7 Å². The molecule has 62 heavy (non-hydrogen) atoms. The quantitative estimate of drug-likeness (QED) is 0.208. The average molecular weight is 899 g/mol. The monoisotopic (exact) mass is 898 g/mol. The molecule has 4 aliphatic rings. The molecule has 0 unspecified atom stereocenters. The van der Waals surface area contributed by atoms with Crippen molar-refractivity contribution in [3.63, 3.8) is 0 Å². The second kappa shape index (κ2) is 17.4. The van der Waals surface area contributed by atoms with E-state index >= 15 is 0 Å². The van der Waals surface area contributed by atoms with Crippen LogP contribution in [0.25, 0.3) is 10.8 Å². The largest absolute Gasteiger partial charge is 0.497 e. The smallest absolute Gasteiger partial charge is 0.408 e. The van der Waals surface area contributed by atoms with Gasteiger partial charge in [-0.2, -0.15) is 4.98 Å². The topological polar surface area (TPSA) is 186 Å². The molecule has 0 spiro atoms. The summed E-state index contributed by atoms with van der Waals surface area (Å²) in [5.41, 5.74) is -3.99. The van der Waals surface area contributed by atoms with Crippen LogP contribution in [0, 0.1) is 17.8 Å². The molecule has 348 valence electrons. The third kappa shape index (κ3) is 9.42. The molecule has 3 fully saturated rings. The van der Waals surface area contributed by atoms with Crippen molar-refractivity contribution in [2.24, 2.45) is 17.8 Å². The minimum absolute atomic E-state index is 0. The second-order valence-electron chi connectivity index (χ2n) is 18.1. The molecule has 2 aromatic rings. The number of hydrogen-bond donors (Lipinski definition) is 3. The molecule has 1 aromatic carbocycles. The number of anilines is 1. The van der Waals surface area contributed by atoms with Crippen LogP contribution < -0.4 is 29.7 Å². The number of nitrogens with one attached hydrogen (secondary N) is 3. The zero-order chi connectivity index (χ0) is 45.6. The van der Waals surface area contributed by atoms with Crippen LogP contribution in [0.3, 0.4) is 0 Å². The summed E-state index contributed by atoms with van der Waals surface area (Å²) in [6.45, 7) is 7.62. The minimum atomic E-state index is -4.45. The lowest BCUT2D eigenvalue weighted by molar-refractivity contribution is -0.152. The third-order valence-electron chi connectivity index (χ3n) is 13.1. The number of aromatic nitrogens is 1. The number of benzene rings is 1. The first-order chi connectivity index (χ1) is 29.0. The highest BCUT2D eigenvalue weighted by Crippen LogP contribution is 2.48. The van der Waals surface area contributed by atoms with Gasteiger partial charge in [-0.3, -0.25) is 19.1 Å². The Balaban J connectivity index is 0.00000374. The van der Waals surface area contributed by atoms with Crippen LogP contribution in [0.5, 0.6) is 11.6 Å². The van der Waals surface area contributed by atoms with Gasteiger partial charge in [0.25, 0.3) is 11.8 Å². The summed E-state index contributed by atoms with van der Waals surface area (Å²) in [6, 6.07) is 4.52. The molecule has 15 nitrogen and oxygen atoms in total. The molecule has 1 aromatic heterocycles. The Bertz CT molecular complexity index is 2220. The standard InChI is InChI=1S/C43H59F3N6O9S.3H2/c1-9-51(7)33-20-27-19-29(59-8)14-15-31(27)36(47-33)60-30-21-32-35(53)49-43(38(55)50-62(57,58)42(24-44)16-17-42)22-28(43)13-11-10-12-25(2)18-26(3)34(37(54)52(32)23-30)48-39(56)61-40(4,5)41(6,45)46;;;/h11,13-15,19-20,25-26,28,30,32,34H,9-10,12,16-18,21-24H2,1-8H3,(H,48,56)(H,49,53)(H,50,55);3*1H/b13-11-;;;/t25-,26+,28+,30+,32-,34-,43+;;;/m0.../s1. The van der Waals surface area contributed by atoms with Crippen LogP contribution in [-0.4, -0.2) is 116 Å². The Labute approximate surface area is 365 Å². The van der Waals surface area contributed by atoms with E-state index in [1.165, 1.54) is 4.90 Å². The van der Waals surface area contributed by atoms with Crippen LogP contribution in [0.4, 0.5) is 23.8 Å². The van der Waals surface area contributed by atoms with Gasteiger partial charge in [-0.1, -0.05) is 26.0 Å². The van der Waals surface area contributed by atoms with E-state index in [0.29, 0.717) is 49.7 Å². The van der Waals surface area contributed by atoms with E-state index in [2.05, 4.69) is 15.4 Å². The average Bonchev–Trinajstić information content (AvgIpc) is 4.11. The second-order valence-corrected chi connectivity index (χ2v) is 20.2. The number of alkyl halides is 3. The lowest BCUT2D eigenvalue weighted by Crippen LogP contribution is -2.60. The zero-order valence-electron chi connectivity index (χ0n) is 36.6. The number of methoxy groups -OCH3 is 1. The van der Waals surface area contributed by atoms with Crippen molar-refractivity contribution in [3.8, 4) is 11.6 Å². The number of halogens is 3. The molecule has 2 aliphatic carbocycles. The molecule has 2 saturated carbocycles. The van der Waals surface area contributed by atoms with Crippen molar-refractivity contribution in [1.29, 1.82) is 0 Å². The van der Waals surface area contributed by atoms with Crippen LogP contribution in [-0.2, 0) is 29.1 Å². The van der Waals surface area contributed by atoms with Gasteiger partial charge in [0, 0.05) is 42.5 Å². The Morgan fingerprint density at radius 1 is 1.13 bits per heavy atom. The van der Waals surface area contributed by atoms with Crippen LogP contribution in [0.2, 0.25) is 0 Å². The highest BCUT2D eigenvalue weighted by Gasteiger charge is 2.64. The molecule has 2 aliphatic heterocycles. The zero-order valence-corrected chi connectivity index (χ0v) is 37.4. The molecule has 3 heterocycles. The fourth-order valence-corrected chi connectivity index (χ4v) is 9.58. The van der Waals surface area contributed by atoms with Gasteiger partial charge in [0.15, 0.2) is 5.60 Å². The van der Waals surface area contributed by atoms with Crippen molar-refractivity contribution < 1.29 is 59.3 Å². The maximum absolute atomic E-state index is 15.0. The first-order valence-electron chi connectivity index (χ1n) is 21.2. The van der Waals surface area contributed by atoms with E-state index in [1.54, 1.807) is 32.2 Å². The number of carbonyl (C=O) groups excluding carboxylic acids is 4. The number of sulfonamides is 1. The van der Waals surface area contributed by atoms with Gasteiger partial charge in [-0.15, -0.1) is 0 Å². The van der Waals surface area contributed by atoms with E-state index in [4.69, 9.17) is 19.2 Å². The Kier molecular flexibility index (Phi) is 13.1. The molecule has 0 bridgehead atoms. The number of fused-ring (bicyclic) bond motifs is 3. The fraction of sp³-hybridized carbons (Fsp3) is 0.651. The predicted octanol–water partition coefficient (Wildman–Crippen LogP) is 6.15. The van der Waals surface area contributed by atoms with E-state index in [9.17, 15) is 40.8 Å². The van der Waals surface area contributed by atoms with Crippen LogP contribution in [0.1, 0.15) is 90.8 Å². The van der Waals surface area contributed by atoms with Gasteiger partial charge in [-0.05, 0) is 101 Å². The molecule has 7 atom stereocenters. The highest BCUT2D eigenvalue weighted by atomic mass is 32.2. The summed E-state index contributed by atoms with van der Waals surface area (Å²) in [7, 11) is -1.05. The molecular formula is C43H65F3N6O9S. The van der Waals surface area contributed by atoms with E-state index in [1.807, 2.05) is 44.0 Å². The molecule has 3 N–H and O–H groups in total. The van der Waals surface area contributed by atoms with Gasteiger partial charge < -0.3 is 34.6 Å². The number of carbonyl (C=O) groups is 4. The fourth-order valence-electron chi connectivity index (χ4n) is 8.15. The first kappa shape index (κ1) is 46.7. The number of hydrogen-bond acceptors (Lipinski definition) is 11. The third-order valence-corrected chi connectivity index (χ3v) is 15.2. The van der Waals surface area contributed by atoms with E-state index in [-0.39, 0.29) is 48.3 Å². The maximum atomic E-state index is 15.0. The molecule has 1 saturated heterocycles. The number of pyridine rings is 1. The molecular weight excluding hydrogens is 834 g/mol. The molecule has 0 radical (unpaired) electrons. The summed E-state index contributed by atoms with van der Waals surface area (Å²) in [5, 5.41) is 6.69. The first-order valence-corrected chi connectivity index (χ1v) is 22.6. The Hall–Kier alpha value is -4.81. The van der Waals surface area contributed by atoms with Gasteiger partial charge >= 0.3 is 6.09 Å². The number of rotatable bonds is 12. The minimum Gasteiger partial charge on any atom is -0.497 e. The van der Waals surface area contributed by atoms with E-state index in [0.717, 1.165) is 19.2 Å². The number of allylic oxidation sites excluding steroid dienone is 1. The lowest BCUT2D eigenvalue weighted by Gasteiger charge is -2.35. The van der Waals surface area contributed by atoms with Gasteiger partial charge in [-0.25, -0.2) is 26.4 Å². The summed E-state index contributed by atoms with van der Waals surface area (Å²) >= 11 is 0. The maximum Gasteiger partial charge on any atom is 0.408 e. The van der Waals surface area contributed by atoms with Crippen LogP contribution >= 0.6 is 0 Å². The molecule has 4 amide bonds. The predicted molar refractivity (Wildman–Crippen MR) is 232 cm³/mol. The van der Waals surface area contributed by atoms with Crippen molar-refractivity contribution in [3.05, 3.63) is 36.4 Å². The van der Waals surface area contributed by atoms with Gasteiger partial charge in [0.1, 0.15) is 46.7 Å². The van der Waals surface area contributed by atoms with Crippen molar-refractivity contribution in [2.75, 3.05) is 38.8 Å². The summed E-state index contributed by atoms with van der Waals surface area (Å²) in [4.78, 5) is 65.0. The Morgan fingerprint density at radius 2 is 1.84 bits per heavy atom. The summed E-state index contributed by atoms with van der Waals surface area (Å²) in [6.07, 6.45) is 3.03. The Morgan fingerprint density at radius 3 is 2.47 bits per heavy atom. The highest BCUT2D eigenvalue weighted by molar-refractivity contribution is 7.91. The van der Waals surface area contributed by atoms with Gasteiger partial charge in [0.05, 0.1) is 13.7 Å².